The lowest BCUT2D eigenvalue weighted by Crippen LogP contribution is -1.98. The number of benzene rings is 3. The van der Waals surface area contributed by atoms with Crippen LogP contribution in [0.25, 0.3) is 50.2 Å². The molecule has 0 spiro atoms. The fraction of sp³-hybridized carbons (Fsp3) is 0.0606. The van der Waals surface area contributed by atoms with Gasteiger partial charge in [0.05, 0.1) is 16.9 Å². The maximum Gasteiger partial charge on any atom is 0.160 e. The lowest BCUT2D eigenvalue weighted by atomic mass is 9.99. The van der Waals surface area contributed by atoms with Crippen molar-refractivity contribution in [1.82, 2.24) is 15.0 Å². The number of pyridine rings is 1. The predicted octanol–water partition coefficient (Wildman–Crippen LogP) is 8.56. The molecule has 174 valence electrons. The first kappa shape index (κ1) is 23.1. The highest BCUT2D eigenvalue weighted by Crippen LogP contribution is 2.30. The summed E-state index contributed by atoms with van der Waals surface area (Å²) in [5, 5.41) is 1.14. The molecule has 0 aliphatic rings. The smallest absolute Gasteiger partial charge is 0.160 e. The molecular formula is C33H27N3. The Kier molecular flexibility index (Phi) is 6.90. The first-order valence-electron chi connectivity index (χ1n) is 12.1. The minimum Gasteiger partial charge on any atom is -0.256 e. The molecule has 0 saturated heterocycles. The van der Waals surface area contributed by atoms with Crippen LogP contribution in [0.2, 0.25) is 0 Å². The Morgan fingerprint density at radius 2 is 1.47 bits per heavy atom. The maximum atomic E-state index is 4.96. The largest absolute Gasteiger partial charge is 0.256 e. The molecule has 0 N–H and O–H groups in total. The molecule has 3 heteroatoms. The quantitative estimate of drug-likeness (QED) is 0.236. The number of rotatable bonds is 6. The summed E-state index contributed by atoms with van der Waals surface area (Å²) in [6, 6.07) is 31.1. The van der Waals surface area contributed by atoms with Crippen LogP contribution in [-0.2, 0) is 0 Å². The van der Waals surface area contributed by atoms with Crippen molar-refractivity contribution in [2.45, 2.75) is 13.8 Å². The van der Waals surface area contributed by atoms with Gasteiger partial charge in [-0.3, -0.25) is 4.98 Å². The Hall–Kier alpha value is -4.63. The molecule has 5 rings (SSSR count). The van der Waals surface area contributed by atoms with Crippen LogP contribution in [0.15, 0.2) is 128 Å². The second-order valence-corrected chi connectivity index (χ2v) is 8.43. The van der Waals surface area contributed by atoms with Crippen LogP contribution in [0.1, 0.15) is 19.5 Å². The zero-order valence-electron chi connectivity index (χ0n) is 20.5. The number of allylic oxidation sites excluding steroid dienone is 6. The molecule has 3 nitrogen and oxygen atoms in total. The van der Waals surface area contributed by atoms with E-state index in [4.69, 9.17) is 9.97 Å². The average molecular weight is 466 g/mol. The number of fused-ring (bicyclic) bond motifs is 1. The van der Waals surface area contributed by atoms with Crippen molar-refractivity contribution in [3.63, 3.8) is 0 Å². The first-order valence-corrected chi connectivity index (χ1v) is 12.1. The van der Waals surface area contributed by atoms with Crippen LogP contribution in [-0.4, -0.2) is 15.0 Å². The molecule has 36 heavy (non-hydrogen) atoms. The SMILES string of the molecule is C\C=C/C=C(\C=C/C)c1cc(-c2ccc(-c3cccc4cccnc34)cc2)nc(-c2ccccc2)n1. The second kappa shape index (κ2) is 10.7. The first-order chi connectivity index (χ1) is 17.8. The van der Waals surface area contributed by atoms with Crippen LogP contribution >= 0.6 is 0 Å². The average Bonchev–Trinajstić information content (AvgIpc) is 2.95. The van der Waals surface area contributed by atoms with Crippen LogP contribution in [0.5, 0.6) is 0 Å². The van der Waals surface area contributed by atoms with E-state index < -0.39 is 0 Å². The van der Waals surface area contributed by atoms with E-state index in [9.17, 15) is 0 Å². The van der Waals surface area contributed by atoms with Gasteiger partial charge in [-0.05, 0) is 37.1 Å². The Morgan fingerprint density at radius 3 is 2.25 bits per heavy atom. The number of aromatic nitrogens is 3. The Balaban J connectivity index is 1.61. The number of hydrogen-bond acceptors (Lipinski definition) is 3. The van der Waals surface area contributed by atoms with E-state index in [1.807, 2.05) is 74.7 Å². The molecule has 5 aromatic rings. The standard InChI is InChI=1S/C33H27N3/c1-3-5-12-25(11-4-2)30-23-31(36-33(35-30)28-13-7-6-8-14-28)26-20-18-24(19-21-26)29-17-9-15-27-16-10-22-34-32(27)29/h3-23H,1-2H3/b5-3-,11-4-,25-12+. The van der Waals surface area contributed by atoms with Crippen molar-refractivity contribution in [1.29, 1.82) is 0 Å². The third kappa shape index (κ3) is 4.91. The molecule has 0 saturated carbocycles. The van der Waals surface area contributed by atoms with Crippen molar-refractivity contribution in [2.75, 3.05) is 0 Å². The van der Waals surface area contributed by atoms with Crippen molar-refractivity contribution in [3.05, 3.63) is 133 Å². The highest BCUT2D eigenvalue weighted by Gasteiger charge is 2.12. The molecule has 2 heterocycles. The molecular weight excluding hydrogens is 438 g/mol. The summed E-state index contributed by atoms with van der Waals surface area (Å²) in [7, 11) is 0. The highest BCUT2D eigenvalue weighted by molar-refractivity contribution is 5.93. The molecule has 0 bridgehead atoms. The summed E-state index contributed by atoms with van der Waals surface area (Å²) in [4.78, 5) is 14.5. The molecule has 3 aromatic carbocycles. The minimum absolute atomic E-state index is 0.710. The van der Waals surface area contributed by atoms with E-state index >= 15 is 0 Å². The van der Waals surface area contributed by atoms with Crippen LogP contribution in [0.4, 0.5) is 0 Å². The molecule has 2 aromatic heterocycles. The van der Waals surface area contributed by atoms with E-state index in [1.54, 1.807) is 0 Å². The summed E-state index contributed by atoms with van der Waals surface area (Å²) < 4.78 is 0. The lowest BCUT2D eigenvalue weighted by molar-refractivity contribution is 1.16. The van der Waals surface area contributed by atoms with Crippen LogP contribution in [0.3, 0.4) is 0 Å². The number of hydrogen-bond donors (Lipinski definition) is 0. The Labute approximate surface area is 212 Å². The van der Waals surface area contributed by atoms with Gasteiger partial charge in [-0.2, -0.15) is 0 Å². The molecule has 0 atom stereocenters. The van der Waals surface area contributed by atoms with Gasteiger partial charge in [-0.25, -0.2) is 9.97 Å². The van der Waals surface area contributed by atoms with Crippen molar-refractivity contribution >= 4 is 16.5 Å². The van der Waals surface area contributed by atoms with E-state index in [-0.39, 0.29) is 0 Å². The van der Waals surface area contributed by atoms with Gasteiger partial charge < -0.3 is 0 Å². The summed E-state index contributed by atoms with van der Waals surface area (Å²) >= 11 is 0. The van der Waals surface area contributed by atoms with Gasteiger partial charge in [-0.1, -0.05) is 109 Å². The Bertz CT molecular complexity index is 1570. The van der Waals surface area contributed by atoms with Crippen molar-refractivity contribution < 1.29 is 0 Å². The van der Waals surface area contributed by atoms with Gasteiger partial charge >= 0.3 is 0 Å². The highest BCUT2D eigenvalue weighted by atomic mass is 14.9. The summed E-state index contributed by atoms with van der Waals surface area (Å²) in [5.41, 5.74) is 8.10. The topological polar surface area (TPSA) is 38.7 Å². The molecule has 0 amide bonds. The predicted molar refractivity (Wildman–Crippen MR) is 151 cm³/mol. The Morgan fingerprint density at radius 1 is 0.694 bits per heavy atom. The zero-order chi connectivity index (χ0) is 24.7. The zero-order valence-corrected chi connectivity index (χ0v) is 20.5. The van der Waals surface area contributed by atoms with Gasteiger partial charge in [0.25, 0.3) is 0 Å². The number of para-hydroxylation sites is 1. The van der Waals surface area contributed by atoms with Crippen LogP contribution in [0, 0.1) is 0 Å². The number of nitrogens with zero attached hydrogens (tertiary/aromatic N) is 3. The minimum atomic E-state index is 0.710. The van der Waals surface area contributed by atoms with E-state index in [2.05, 4.69) is 71.7 Å². The fourth-order valence-electron chi connectivity index (χ4n) is 4.22. The fourth-order valence-corrected chi connectivity index (χ4v) is 4.22. The van der Waals surface area contributed by atoms with Gasteiger partial charge in [0, 0.05) is 28.3 Å². The van der Waals surface area contributed by atoms with E-state index in [0.29, 0.717) is 5.82 Å². The molecule has 0 fully saturated rings. The normalized spacial score (nSPS) is 12.1. The van der Waals surface area contributed by atoms with Gasteiger partial charge in [0.15, 0.2) is 5.82 Å². The second-order valence-electron chi connectivity index (χ2n) is 8.43. The molecule has 0 aliphatic carbocycles. The van der Waals surface area contributed by atoms with Crippen molar-refractivity contribution in [2.24, 2.45) is 0 Å². The van der Waals surface area contributed by atoms with Crippen molar-refractivity contribution in [3.8, 4) is 33.8 Å². The summed E-state index contributed by atoms with van der Waals surface area (Å²) in [6.45, 7) is 4.03. The van der Waals surface area contributed by atoms with E-state index in [1.165, 1.54) is 0 Å². The van der Waals surface area contributed by atoms with Gasteiger partial charge in [-0.15, -0.1) is 0 Å². The molecule has 0 radical (unpaired) electrons. The van der Waals surface area contributed by atoms with Gasteiger partial charge in [0.1, 0.15) is 0 Å². The molecule has 0 unspecified atom stereocenters. The van der Waals surface area contributed by atoms with Crippen LogP contribution < -0.4 is 0 Å². The molecule has 0 aliphatic heterocycles. The summed E-state index contributed by atoms with van der Waals surface area (Å²) in [6.07, 6.45) is 12.1. The van der Waals surface area contributed by atoms with E-state index in [0.717, 1.165) is 50.1 Å². The van der Waals surface area contributed by atoms with Gasteiger partial charge in [0.2, 0.25) is 0 Å². The monoisotopic (exact) mass is 465 g/mol. The third-order valence-corrected chi connectivity index (χ3v) is 5.99. The summed E-state index contributed by atoms with van der Waals surface area (Å²) in [5.74, 6) is 0.710. The lowest BCUT2D eigenvalue weighted by Gasteiger charge is -2.11. The maximum absolute atomic E-state index is 4.96. The third-order valence-electron chi connectivity index (χ3n) is 5.99.